The second kappa shape index (κ2) is 4.58. The Bertz CT molecular complexity index is 721. The van der Waals surface area contributed by atoms with E-state index in [9.17, 15) is 0 Å². The molecule has 0 radical (unpaired) electrons. The third-order valence-corrected chi connectivity index (χ3v) is 4.56. The summed E-state index contributed by atoms with van der Waals surface area (Å²) in [5.41, 5.74) is 6.63. The van der Waals surface area contributed by atoms with Crippen molar-refractivity contribution in [1.82, 2.24) is 14.6 Å². The summed E-state index contributed by atoms with van der Waals surface area (Å²) < 4.78 is 2.00. The van der Waals surface area contributed by atoms with Crippen molar-refractivity contribution in [1.29, 1.82) is 0 Å². The average molecular weight is 265 g/mol. The molecule has 3 nitrogen and oxygen atoms in total. The summed E-state index contributed by atoms with van der Waals surface area (Å²) in [7, 11) is 0. The fourth-order valence-electron chi connectivity index (χ4n) is 3.59. The predicted octanol–water partition coefficient (Wildman–Crippen LogP) is 3.64. The Morgan fingerprint density at radius 2 is 2.35 bits per heavy atom. The van der Waals surface area contributed by atoms with Gasteiger partial charge in [0.15, 0.2) is 5.65 Å². The smallest absolute Gasteiger partial charge is 0.155 e. The van der Waals surface area contributed by atoms with Gasteiger partial charge in [-0.3, -0.25) is 0 Å². The lowest BCUT2D eigenvalue weighted by Crippen LogP contribution is -2.14. The molecule has 0 amide bonds. The maximum Gasteiger partial charge on any atom is 0.155 e. The maximum atomic E-state index is 4.52. The van der Waals surface area contributed by atoms with E-state index in [4.69, 9.17) is 0 Å². The van der Waals surface area contributed by atoms with Gasteiger partial charge in [-0.1, -0.05) is 17.7 Å². The zero-order valence-corrected chi connectivity index (χ0v) is 11.8. The first-order valence-corrected chi connectivity index (χ1v) is 7.47. The van der Waals surface area contributed by atoms with Crippen LogP contribution in [0.4, 0.5) is 0 Å². The van der Waals surface area contributed by atoms with Crippen LogP contribution in [0.15, 0.2) is 41.6 Å². The first-order chi connectivity index (χ1) is 9.79. The van der Waals surface area contributed by atoms with Gasteiger partial charge in [0.25, 0.3) is 0 Å². The summed E-state index contributed by atoms with van der Waals surface area (Å²) in [6, 6.07) is 4.17. The van der Waals surface area contributed by atoms with E-state index in [1.165, 1.54) is 31.4 Å². The van der Waals surface area contributed by atoms with Gasteiger partial charge in [-0.05, 0) is 56.6 Å². The number of aromatic nitrogens is 3. The van der Waals surface area contributed by atoms with Gasteiger partial charge in [-0.15, -0.1) is 0 Å². The van der Waals surface area contributed by atoms with Crippen LogP contribution in [-0.4, -0.2) is 14.6 Å². The summed E-state index contributed by atoms with van der Waals surface area (Å²) in [4.78, 5) is 4.52. The minimum Gasteiger partial charge on any atom is -0.234 e. The fraction of sp³-hybridized carbons (Fsp3) is 0.412. The highest BCUT2D eigenvalue weighted by Gasteiger charge is 2.22. The molecule has 4 rings (SSSR count). The normalized spacial score (nSPS) is 21.8. The minimum atomic E-state index is 0.741. The van der Waals surface area contributed by atoms with Crippen molar-refractivity contribution in [2.45, 2.75) is 39.0 Å². The number of fused-ring (bicyclic) bond motifs is 1. The first kappa shape index (κ1) is 11.9. The Morgan fingerprint density at radius 3 is 3.30 bits per heavy atom. The van der Waals surface area contributed by atoms with E-state index in [1.807, 2.05) is 16.8 Å². The topological polar surface area (TPSA) is 30.2 Å². The van der Waals surface area contributed by atoms with Gasteiger partial charge >= 0.3 is 0 Å². The molecule has 2 heterocycles. The van der Waals surface area contributed by atoms with E-state index in [0.717, 1.165) is 23.7 Å². The number of nitrogens with zero attached hydrogens (tertiary/aromatic N) is 3. The zero-order chi connectivity index (χ0) is 13.5. The largest absolute Gasteiger partial charge is 0.234 e. The summed E-state index contributed by atoms with van der Waals surface area (Å²) in [5, 5.41) is 4.42. The Balaban J connectivity index is 1.62. The predicted molar refractivity (Wildman–Crippen MR) is 79.6 cm³/mol. The standard InChI is InChI=1S/C17H19N3/c1-12-9-16(20-17(19-12)7-8-18-20)11-13-5-6-14-3-2-4-15(14)10-13/h2,4,7-9,13H,3,5-6,10-11H2,1H3. The van der Waals surface area contributed by atoms with E-state index >= 15 is 0 Å². The molecule has 2 aliphatic rings. The second-order valence-corrected chi connectivity index (χ2v) is 6.04. The number of aryl methyl sites for hydroxylation is 1. The lowest BCUT2D eigenvalue weighted by atomic mass is 9.82. The van der Waals surface area contributed by atoms with Crippen LogP contribution in [0.25, 0.3) is 5.65 Å². The van der Waals surface area contributed by atoms with E-state index < -0.39 is 0 Å². The second-order valence-electron chi connectivity index (χ2n) is 6.04. The summed E-state index contributed by atoms with van der Waals surface area (Å²) in [5.74, 6) is 0.741. The maximum absolute atomic E-state index is 4.52. The molecular weight excluding hydrogens is 246 g/mol. The third kappa shape index (κ3) is 1.98. The van der Waals surface area contributed by atoms with Crippen LogP contribution in [0.5, 0.6) is 0 Å². The van der Waals surface area contributed by atoms with Crippen LogP contribution >= 0.6 is 0 Å². The average Bonchev–Trinajstić information content (AvgIpc) is 3.05. The Labute approximate surface area is 119 Å². The molecule has 0 saturated carbocycles. The Kier molecular flexibility index (Phi) is 2.72. The van der Waals surface area contributed by atoms with Crippen LogP contribution in [0.2, 0.25) is 0 Å². The van der Waals surface area contributed by atoms with Gasteiger partial charge in [-0.2, -0.15) is 5.10 Å². The van der Waals surface area contributed by atoms with Crippen LogP contribution in [-0.2, 0) is 6.42 Å². The van der Waals surface area contributed by atoms with E-state index in [-0.39, 0.29) is 0 Å². The van der Waals surface area contributed by atoms with Gasteiger partial charge in [0.2, 0.25) is 0 Å². The molecule has 102 valence electrons. The highest BCUT2D eigenvalue weighted by Crippen LogP contribution is 2.37. The quantitative estimate of drug-likeness (QED) is 0.830. The van der Waals surface area contributed by atoms with Gasteiger partial charge in [0, 0.05) is 17.5 Å². The molecule has 1 atom stereocenters. The molecule has 2 aromatic rings. The van der Waals surface area contributed by atoms with Crippen molar-refractivity contribution in [3.05, 3.63) is 53.0 Å². The third-order valence-electron chi connectivity index (χ3n) is 4.56. The van der Waals surface area contributed by atoms with Gasteiger partial charge in [0.1, 0.15) is 0 Å². The van der Waals surface area contributed by atoms with E-state index in [0.29, 0.717) is 0 Å². The molecule has 1 unspecified atom stereocenters. The summed E-state index contributed by atoms with van der Waals surface area (Å²) >= 11 is 0. The molecular formula is C17H19N3. The zero-order valence-electron chi connectivity index (χ0n) is 11.8. The van der Waals surface area contributed by atoms with E-state index in [2.05, 4.69) is 35.2 Å². The van der Waals surface area contributed by atoms with Crippen LogP contribution in [0.1, 0.15) is 37.1 Å². The molecule has 0 N–H and O–H groups in total. The van der Waals surface area contributed by atoms with Crippen molar-refractivity contribution >= 4 is 5.65 Å². The van der Waals surface area contributed by atoms with Gasteiger partial charge in [0.05, 0.1) is 6.20 Å². The van der Waals surface area contributed by atoms with Crippen molar-refractivity contribution in [2.24, 2.45) is 5.92 Å². The van der Waals surface area contributed by atoms with Crippen LogP contribution in [0, 0.1) is 12.8 Å². The summed E-state index contributed by atoms with van der Waals surface area (Å²) in [6.07, 6.45) is 12.6. The lowest BCUT2D eigenvalue weighted by Gasteiger charge is -2.24. The number of hydrogen-bond acceptors (Lipinski definition) is 2. The molecule has 2 aliphatic carbocycles. The van der Waals surface area contributed by atoms with Gasteiger partial charge in [-0.25, -0.2) is 9.50 Å². The molecule has 0 spiro atoms. The van der Waals surface area contributed by atoms with Crippen molar-refractivity contribution in [3.8, 4) is 0 Å². The number of hydrogen-bond donors (Lipinski definition) is 0. The minimum absolute atomic E-state index is 0.741. The Hall–Kier alpha value is -1.90. The molecule has 0 fully saturated rings. The molecule has 2 aromatic heterocycles. The summed E-state index contributed by atoms with van der Waals surface area (Å²) in [6.45, 7) is 2.07. The highest BCUT2D eigenvalue weighted by atomic mass is 15.2. The molecule has 3 heteroatoms. The lowest BCUT2D eigenvalue weighted by molar-refractivity contribution is 0.448. The highest BCUT2D eigenvalue weighted by molar-refractivity contribution is 5.39. The Morgan fingerprint density at radius 1 is 1.40 bits per heavy atom. The van der Waals surface area contributed by atoms with Crippen molar-refractivity contribution in [3.63, 3.8) is 0 Å². The number of allylic oxidation sites excluding steroid dienone is 4. The van der Waals surface area contributed by atoms with Crippen molar-refractivity contribution in [2.75, 3.05) is 0 Å². The monoisotopic (exact) mass is 265 g/mol. The molecule has 0 aromatic carbocycles. The van der Waals surface area contributed by atoms with Gasteiger partial charge < -0.3 is 0 Å². The van der Waals surface area contributed by atoms with E-state index in [1.54, 1.807) is 11.1 Å². The van der Waals surface area contributed by atoms with Crippen LogP contribution < -0.4 is 0 Å². The number of rotatable bonds is 2. The molecule has 0 aliphatic heterocycles. The molecule has 0 bridgehead atoms. The molecule has 20 heavy (non-hydrogen) atoms. The molecule has 0 saturated heterocycles. The first-order valence-electron chi connectivity index (χ1n) is 7.47. The van der Waals surface area contributed by atoms with Crippen LogP contribution in [0.3, 0.4) is 0 Å². The SMILES string of the molecule is Cc1cc(CC2CCC3=C(C=CC3)C2)n2nccc2n1. The van der Waals surface area contributed by atoms with Crippen molar-refractivity contribution < 1.29 is 0 Å². The fourth-order valence-corrected chi connectivity index (χ4v) is 3.59.